The Labute approximate surface area is 213 Å². The van der Waals surface area contributed by atoms with Crippen LogP contribution in [0.15, 0.2) is 64.9 Å². The van der Waals surface area contributed by atoms with Gasteiger partial charge < -0.3 is 15.4 Å². The third kappa shape index (κ3) is 6.01. The van der Waals surface area contributed by atoms with E-state index in [0.29, 0.717) is 42.9 Å². The average Bonchev–Trinajstić information content (AvgIpc) is 3.38. The van der Waals surface area contributed by atoms with Crippen LogP contribution in [0.2, 0.25) is 0 Å². The zero-order valence-corrected chi connectivity index (χ0v) is 21.2. The molecule has 1 aliphatic rings. The van der Waals surface area contributed by atoms with Gasteiger partial charge in [0.25, 0.3) is 21.6 Å². The third-order valence-corrected chi connectivity index (χ3v) is 9.32. The molecule has 0 saturated carbocycles. The topological polar surface area (TPSA) is 131 Å². The first-order valence-corrected chi connectivity index (χ1v) is 13.5. The number of ether oxygens (including phenoxy) is 1. The van der Waals surface area contributed by atoms with E-state index in [1.54, 1.807) is 48.5 Å². The van der Waals surface area contributed by atoms with Crippen molar-refractivity contribution in [1.82, 2.24) is 9.62 Å². The molecule has 1 saturated heterocycles. The summed E-state index contributed by atoms with van der Waals surface area (Å²) in [5.41, 5.74) is 1.11. The molecule has 0 radical (unpaired) electrons. The molecule has 0 aliphatic carbocycles. The Hall–Kier alpha value is -3.48. The van der Waals surface area contributed by atoms with E-state index in [-0.39, 0.29) is 28.4 Å². The van der Waals surface area contributed by atoms with Gasteiger partial charge in [-0.05, 0) is 49.2 Å². The third-order valence-electron chi connectivity index (χ3n) is 5.87. The number of amides is 1. The Bertz CT molecular complexity index is 1350. The van der Waals surface area contributed by atoms with Crippen molar-refractivity contribution in [2.45, 2.75) is 29.6 Å². The number of carbonyl (C=O) groups is 1. The summed E-state index contributed by atoms with van der Waals surface area (Å²) in [5, 5.41) is 17.1. The van der Waals surface area contributed by atoms with Crippen LogP contribution in [0.1, 0.15) is 28.1 Å². The summed E-state index contributed by atoms with van der Waals surface area (Å²) in [7, 11) is -2.12. The first-order chi connectivity index (χ1) is 17.3. The minimum Gasteiger partial charge on any atom is -0.497 e. The lowest BCUT2D eigenvalue weighted by Crippen LogP contribution is -2.42. The molecule has 4 rings (SSSR count). The molecule has 0 spiro atoms. The largest absolute Gasteiger partial charge is 0.497 e. The minimum atomic E-state index is -3.65. The Kier molecular flexibility index (Phi) is 7.87. The second kappa shape index (κ2) is 11.1. The van der Waals surface area contributed by atoms with Gasteiger partial charge in [-0.15, -0.1) is 11.3 Å². The normalized spacial score (nSPS) is 14.8. The monoisotopic (exact) mass is 530 g/mol. The fourth-order valence-electron chi connectivity index (χ4n) is 3.94. The Balaban J connectivity index is 1.32. The summed E-state index contributed by atoms with van der Waals surface area (Å²) in [6.45, 7) is 0.898. The van der Waals surface area contributed by atoms with Crippen LogP contribution in [-0.2, 0) is 16.6 Å². The highest BCUT2D eigenvalue weighted by molar-refractivity contribution is 7.91. The number of rotatable bonds is 9. The van der Waals surface area contributed by atoms with Gasteiger partial charge in [0.15, 0.2) is 0 Å². The van der Waals surface area contributed by atoms with Gasteiger partial charge in [-0.25, -0.2) is 8.42 Å². The molecule has 36 heavy (non-hydrogen) atoms. The van der Waals surface area contributed by atoms with E-state index in [0.717, 1.165) is 16.2 Å². The van der Waals surface area contributed by atoms with Crippen molar-refractivity contribution >= 4 is 38.6 Å². The van der Waals surface area contributed by atoms with E-state index >= 15 is 0 Å². The lowest BCUT2D eigenvalue weighted by Gasteiger charge is -2.31. The average molecular weight is 531 g/mol. The second-order valence-corrected chi connectivity index (χ2v) is 11.6. The zero-order chi connectivity index (χ0) is 25.7. The number of nitrogens with zero attached hydrogens (tertiary/aromatic N) is 2. The number of hydrogen-bond acceptors (Lipinski definition) is 8. The maximum atomic E-state index is 13.2. The van der Waals surface area contributed by atoms with Gasteiger partial charge in [0.2, 0.25) is 0 Å². The molecule has 12 heteroatoms. The van der Waals surface area contributed by atoms with Crippen molar-refractivity contribution < 1.29 is 22.9 Å². The summed E-state index contributed by atoms with van der Waals surface area (Å²) in [4.78, 5) is 23.7. The highest BCUT2D eigenvalue weighted by Gasteiger charge is 2.30. The second-order valence-electron chi connectivity index (χ2n) is 8.27. The quantitative estimate of drug-likeness (QED) is 0.317. The summed E-state index contributed by atoms with van der Waals surface area (Å²) < 4.78 is 33.1. The Morgan fingerprint density at radius 2 is 1.89 bits per heavy atom. The number of piperidine rings is 1. The van der Waals surface area contributed by atoms with Crippen molar-refractivity contribution in [2.24, 2.45) is 0 Å². The van der Waals surface area contributed by atoms with Gasteiger partial charge in [0.05, 0.1) is 18.6 Å². The van der Waals surface area contributed by atoms with E-state index in [4.69, 9.17) is 4.74 Å². The number of nitro benzene ring substituents is 1. The number of sulfonamides is 1. The fourth-order valence-corrected chi connectivity index (χ4v) is 6.86. The van der Waals surface area contributed by atoms with Crippen molar-refractivity contribution in [2.75, 3.05) is 25.5 Å². The number of anilines is 1. The van der Waals surface area contributed by atoms with Crippen molar-refractivity contribution in [3.8, 4) is 5.75 Å². The molecule has 2 N–H and O–H groups in total. The highest BCUT2D eigenvalue weighted by Crippen LogP contribution is 2.28. The molecule has 10 nitrogen and oxygen atoms in total. The van der Waals surface area contributed by atoms with Crippen LogP contribution in [0.25, 0.3) is 0 Å². The van der Waals surface area contributed by atoms with Crippen molar-refractivity contribution in [3.63, 3.8) is 0 Å². The molecule has 2 heterocycles. The molecule has 1 fully saturated rings. The SMILES string of the molecule is COc1cccc(C(=O)NCc2ccc(S(=O)(=O)N3CCC(Nc4cccc([N+](=O)[O-])c4)CC3)s2)c1. The molecule has 2 aromatic carbocycles. The lowest BCUT2D eigenvalue weighted by molar-refractivity contribution is -0.384. The summed E-state index contributed by atoms with van der Waals surface area (Å²) >= 11 is 1.14. The maximum absolute atomic E-state index is 13.2. The molecule has 1 amide bonds. The van der Waals surface area contributed by atoms with Gasteiger partial charge in [0, 0.05) is 47.4 Å². The molecule has 0 atom stereocenters. The van der Waals surface area contributed by atoms with Crippen LogP contribution in [0.3, 0.4) is 0 Å². The van der Waals surface area contributed by atoms with E-state index in [2.05, 4.69) is 10.6 Å². The van der Waals surface area contributed by atoms with E-state index < -0.39 is 14.9 Å². The van der Waals surface area contributed by atoms with Crippen LogP contribution in [0.5, 0.6) is 5.75 Å². The number of hydrogen-bond donors (Lipinski definition) is 2. The number of benzene rings is 2. The Morgan fingerprint density at radius 3 is 2.61 bits per heavy atom. The Morgan fingerprint density at radius 1 is 1.14 bits per heavy atom. The zero-order valence-electron chi connectivity index (χ0n) is 19.5. The predicted molar refractivity (Wildman–Crippen MR) is 137 cm³/mol. The van der Waals surface area contributed by atoms with Crippen LogP contribution in [-0.4, -0.2) is 49.8 Å². The molecule has 190 valence electrons. The molecule has 1 aromatic heterocycles. The molecule has 3 aromatic rings. The first-order valence-electron chi connectivity index (χ1n) is 11.3. The van der Waals surface area contributed by atoms with E-state index in [1.165, 1.54) is 23.5 Å². The minimum absolute atomic E-state index is 0.00759. The molecular weight excluding hydrogens is 504 g/mol. The van der Waals surface area contributed by atoms with Crippen molar-refractivity contribution in [1.29, 1.82) is 0 Å². The van der Waals surface area contributed by atoms with Crippen LogP contribution < -0.4 is 15.4 Å². The van der Waals surface area contributed by atoms with Gasteiger partial charge in [0.1, 0.15) is 9.96 Å². The molecule has 0 bridgehead atoms. The number of nitro groups is 1. The van der Waals surface area contributed by atoms with Gasteiger partial charge >= 0.3 is 0 Å². The summed E-state index contributed by atoms with van der Waals surface area (Å²) in [5.74, 6) is 0.307. The van der Waals surface area contributed by atoms with Crippen molar-refractivity contribution in [3.05, 3.63) is 81.2 Å². The highest BCUT2D eigenvalue weighted by atomic mass is 32.2. The molecule has 0 unspecified atom stereocenters. The van der Waals surface area contributed by atoms with Crippen LogP contribution in [0, 0.1) is 10.1 Å². The van der Waals surface area contributed by atoms with Crippen LogP contribution in [0.4, 0.5) is 11.4 Å². The van der Waals surface area contributed by atoms with Gasteiger partial charge in [-0.3, -0.25) is 14.9 Å². The predicted octanol–water partition coefficient (Wildman–Crippen LogP) is 3.86. The number of carbonyl (C=O) groups excluding carboxylic acids is 1. The van der Waals surface area contributed by atoms with Crippen LogP contribution >= 0.6 is 11.3 Å². The summed E-state index contributed by atoms with van der Waals surface area (Å²) in [6.07, 6.45) is 1.16. The van der Waals surface area contributed by atoms with Gasteiger partial charge in [-0.1, -0.05) is 12.1 Å². The number of non-ortho nitro benzene ring substituents is 1. The first kappa shape index (κ1) is 25.6. The molecular formula is C24H26N4O6S2. The number of nitrogens with one attached hydrogen (secondary N) is 2. The fraction of sp³-hybridized carbons (Fsp3) is 0.292. The van der Waals surface area contributed by atoms with Gasteiger partial charge in [-0.2, -0.15) is 4.31 Å². The maximum Gasteiger partial charge on any atom is 0.271 e. The smallest absolute Gasteiger partial charge is 0.271 e. The van der Waals surface area contributed by atoms with E-state index in [1.807, 2.05) is 0 Å². The molecule has 1 aliphatic heterocycles. The number of thiophene rings is 1. The standard InChI is InChI=1S/C24H26N4O6S2/c1-34-21-7-2-4-17(14-21)24(29)25-16-22-8-9-23(35-22)36(32,33)27-12-10-18(11-13-27)26-19-5-3-6-20(15-19)28(30)31/h2-9,14-15,18,26H,10-13,16H2,1H3,(H,25,29). The van der Waals surface area contributed by atoms with E-state index in [9.17, 15) is 23.3 Å². The lowest BCUT2D eigenvalue weighted by atomic mass is 10.1. The summed E-state index contributed by atoms with van der Waals surface area (Å²) in [6, 6.07) is 16.4. The number of methoxy groups -OCH3 is 1.